The second-order valence-corrected chi connectivity index (χ2v) is 9.45. The number of ether oxygens (including phenoxy) is 2. The summed E-state index contributed by atoms with van der Waals surface area (Å²) in [5.74, 6) is -2.69. The molecule has 1 saturated heterocycles. The highest BCUT2D eigenvalue weighted by atomic mass is 19.1. The number of imide groups is 2. The Labute approximate surface area is 230 Å². The molecule has 3 N–H and O–H groups in total. The molecule has 2 aromatic rings. The normalized spacial score (nSPS) is 16.6. The van der Waals surface area contributed by atoms with Gasteiger partial charge in [0.15, 0.2) is 0 Å². The van der Waals surface area contributed by atoms with Crippen LogP contribution in [0.4, 0.5) is 15.8 Å². The van der Waals surface area contributed by atoms with Gasteiger partial charge < -0.3 is 20.1 Å². The van der Waals surface area contributed by atoms with E-state index in [1.54, 1.807) is 24.3 Å². The summed E-state index contributed by atoms with van der Waals surface area (Å²) in [5.41, 5.74) is 1.06. The Bertz CT molecular complexity index is 1320. The number of piperidine rings is 1. The molecular formula is C28H31FN4O7. The van der Waals surface area contributed by atoms with Crippen molar-refractivity contribution in [2.45, 2.75) is 45.1 Å². The van der Waals surface area contributed by atoms with E-state index in [0.29, 0.717) is 50.6 Å². The third-order valence-electron chi connectivity index (χ3n) is 6.45. The Morgan fingerprint density at radius 3 is 2.55 bits per heavy atom. The number of amides is 5. The summed E-state index contributed by atoms with van der Waals surface area (Å²) in [6.45, 7) is 3.20. The minimum atomic E-state index is -1.01. The van der Waals surface area contributed by atoms with Crippen LogP contribution in [0.15, 0.2) is 36.4 Å². The number of halogens is 1. The van der Waals surface area contributed by atoms with Gasteiger partial charge in [0.05, 0.1) is 23.4 Å². The smallest absolute Gasteiger partial charge is 0.264 e. The van der Waals surface area contributed by atoms with Gasteiger partial charge >= 0.3 is 0 Å². The summed E-state index contributed by atoms with van der Waals surface area (Å²) in [5, 5.41) is 7.77. The van der Waals surface area contributed by atoms with Crippen LogP contribution in [0, 0.1) is 5.82 Å². The Hall–Kier alpha value is -4.32. The standard InChI is InChI=1S/C28H31FN4O7/c1-17(34)31-21-9-8-18(16-20(21)29)40-15-3-2-13-39-14-5-12-30-22-7-4-6-19-25(22)28(38)33(27(19)37)23-10-11-24(35)32-26(23)36/h4,6-9,16,23,30H,2-3,5,10-15H2,1H3,(H,31,34)(H,32,35,36). The second kappa shape index (κ2) is 13.2. The average molecular weight is 555 g/mol. The van der Waals surface area contributed by atoms with Crippen molar-refractivity contribution in [2.75, 3.05) is 37.0 Å². The van der Waals surface area contributed by atoms with Crippen LogP contribution in [0.5, 0.6) is 5.75 Å². The van der Waals surface area contributed by atoms with Gasteiger partial charge in [-0.25, -0.2) is 4.39 Å². The van der Waals surface area contributed by atoms with E-state index < -0.39 is 35.5 Å². The average Bonchev–Trinajstić information content (AvgIpc) is 3.16. The van der Waals surface area contributed by atoms with Gasteiger partial charge in [0, 0.05) is 44.9 Å². The molecule has 2 heterocycles. The zero-order valence-electron chi connectivity index (χ0n) is 22.1. The number of anilines is 2. The van der Waals surface area contributed by atoms with Crippen molar-refractivity contribution in [1.82, 2.24) is 10.2 Å². The summed E-state index contributed by atoms with van der Waals surface area (Å²) < 4.78 is 25.1. The highest BCUT2D eigenvalue weighted by Gasteiger charge is 2.45. The first-order valence-corrected chi connectivity index (χ1v) is 13.1. The molecule has 4 rings (SSSR count). The van der Waals surface area contributed by atoms with Crippen molar-refractivity contribution in [1.29, 1.82) is 0 Å². The van der Waals surface area contributed by atoms with Gasteiger partial charge in [-0.2, -0.15) is 0 Å². The van der Waals surface area contributed by atoms with Crippen LogP contribution >= 0.6 is 0 Å². The number of carbonyl (C=O) groups excluding carboxylic acids is 5. The predicted molar refractivity (Wildman–Crippen MR) is 142 cm³/mol. The molecule has 1 atom stereocenters. The van der Waals surface area contributed by atoms with Crippen LogP contribution in [-0.2, 0) is 19.1 Å². The van der Waals surface area contributed by atoms with E-state index in [-0.39, 0.29) is 35.6 Å². The number of nitrogens with one attached hydrogen (secondary N) is 3. The lowest BCUT2D eigenvalue weighted by Gasteiger charge is -2.27. The number of benzene rings is 2. The van der Waals surface area contributed by atoms with Crippen LogP contribution in [-0.4, -0.2) is 66.8 Å². The van der Waals surface area contributed by atoms with Crippen molar-refractivity contribution in [2.24, 2.45) is 0 Å². The van der Waals surface area contributed by atoms with Gasteiger partial charge in [0.25, 0.3) is 11.8 Å². The minimum absolute atomic E-state index is 0.0663. The van der Waals surface area contributed by atoms with Crippen LogP contribution in [0.3, 0.4) is 0 Å². The maximum Gasteiger partial charge on any atom is 0.264 e. The van der Waals surface area contributed by atoms with E-state index >= 15 is 0 Å². The van der Waals surface area contributed by atoms with Gasteiger partial charge in [-0.1, -0.05) is 6.07 Å². The zero-order valence-corrected chi connectivity index (χ0v) is 22.1. The molecule has 0 aliphatic carbocycles. The molecule has 12 heteroatoms. The number of fused-ring (bicyclic) bond motifs is 1. The second-order valence-electron chi connectivity index (χ2n) is 9.45. The van der Waals surface area contributed by atoms with Gasteiger partial charge in [0.2, 0.25) is 17.7 Å². The van der Waals surface area contributed by atoms with E-state index in [0.717, 1.165) is 11.3 Å². The molecular weight excluding hydrogens is 523 g/mol. The fraction of sp³-hybridized carbons (Fsp3) is 0.393. The molecule has 2 aliphatic heterocycles. The highest BCUT2D eigenvalue weighted by Crippen LogP contribution is 2.32. The van der Waals surface area contributed by atoms with Crippen molar-refractivity contribution < 1.29 is 37.8 Å². The Morgan fingerprint density at radius 1 is 1.02 bits per heavy atom. The maximum absolute atomic E-state index is 13.9. The number of hydrogen-bond donors (Lipinski definition) is 3. The molecule has 0 bridgehead atoms. The predicted octanol–water partition coefficient (Wildman–Crippen LogP) is 2.86. The first kappa shape index (κ1) is 28.7. The molecule has 2 aliphatic rings. The van der Waals surface area contributed by atoms with E-state index in [4.69, 9.17) is 9.47 Å². The number of nitrogens with zero attached hydrogens (tertiary/aromatic N) is 1. The lowest BCUT2D eigenvalue weighted by Crippen LogP contribution is -2.54. The summed E-state index contributed by atoms with van der Waals surface area (Å²) in [4.78, 5) is 61.7. The monoisotopic (exact) mass is 554 g/mol. The quantitative estimate of drug-likeness (QED) is 0.253. The van der Waals surface area contributed by atoms with E-state index in [1.807, 2.05) is 0 Å². The Kier molecular flexibility index (Phi) is 9.43. The minimum Gasteiger partial charge on any atom is -0.493 e. The number of hydrogen-bond acceptors (Lipinski definition) is 8. The van der Waals surface area contributed by atoms with Crippen LogP contribution in [0.2, 0.25) is 0 Å². The molecule has 0 saturated carbocycles. The Morgan fingerprint density at radius 2 is 1.80 bits per heavy atom. The van der Waals surface area contributed by atoms with Crippen molar-refractivity contribution in [3.63, 3.8) is 0 Å². The lowest BCUT2D eigenvalue weighted by molar-refractivity contribution is -0.136. The first-order chi connectivity index (χ1) is 19.3. The van der Waals surface area contributed by atoms with Crippen LogP contribution in [0.1, 0.15) is 59.7 Å². The molecule has 0 radical (unpaired) electrons. The largest absolute Gasteiger partial charge is 0.493 e. The maximum atomic E-state index is 13.9. The van der Waals surface area contributed by atoms with E-state index in [2.05, 4.69) is 16.0 Å². The molecule has 40 heavy (non-hydrogen) atoms. The van der Waals surface area contributed by atoms with Crippen LogP contribution in [0.25, 0.3) is 0 Å². The summed E-state index contributed by atoms with van der Waals surface area (Å²) in [7, 11) is 0. The molecule has 0 spiro atoms. The van der Waals surface area contributed by atoms with Crippen molar-refractivity contribution >= 4 is 40.9 Å². The molecule has 2 aromatic carbocycles. The third kappa shape index (κ3) is 6.81. The lowest BCUT2D eigenvalue weighted by atomic mass is 10.0. The molecule has 5 amide bonds. The number of rotatable bonds is 13. The molecule has 11 nitrogen and oxygen atoms in total. The molecule has 1 fully saturated rings. The fourth-order valence-electron chi connectivity index (χ4n) is 4.53. The number of carbonyl (C=O) groups is 5. The SMILES string of the molecule is CC(=O)Nc1ccc(OCCCCOCCCNc2cccc3c2C(=O)N(C2CCC(=O)NC2=O)C3=O)cc1F. The number of unbranched alkanes of at least 4 members (excludes halogenated alkanes) is 1. The van der Waals surface area contributed by atoms with E-state index in [9.17, 15) is 28.4 Å². The third-order valence-corrected chi connectivity index (χ3v) is 6.45. The summed E-state index contributed by atoms with van der Waals surface area (Å²) in [6.07, 6.45) is 2.28. The zero-order chi connectivity index (χ0) is 28.6. The van der Waals surface area contributed by atoms with Crippen molar-refractivity contribution in [3.05, 3.63) is 53.3 Å². The van der Waals surface area contributed by atoms with E-state index in [1.165, 1.54) is 19.1 Å². The summed E-state index contributed by atoms with van der Waals surface area (Å²) in [6, 6.07) is 8.20. The molecule has 0 aromatic heterocycles. The van der Waals surface area contributed by atoms with Gasteiger partial charge in [-0.15, -0.1) is 0 Å². The highest BCUT2D eigenvalue weighted by molar-refractivity contribution is 6.25. The van der Waals surface area contributed by atoms with Gasteiger partial charge in [0.1, 0.15) is 17.6 Å². The van der Waals surface area contributed by atoms with Gasteiger partial charge in [-0.3, -0.25) is 34.2 Å². The Balaban J connectivity index is 1.14. The van der Waals surface area contributed by atoms with Crippen molar-refractivity contribution in [3.8, 4) is 5.75 Å². The van der Waals surface area contributed by atoms with Crippen LogP contribution < -0.4 is 20.7 Å². The fourth-order valence-corrected chi connectivity index (χ4v) is 4.53. The molecule has 1 unspecified atom stereocenters. The summed E-state index contributed by atoms with van der Waals surface area (Å²) >= 11 is 0. The molecule has 212 valence electrons. The van der Waals surface area contributed by atoms with Gasteiger partial charge in [-0.05, 0) is 49.9 Å². The first-order valence-electron chi connectivity index (χ1n) is 13.1. The topological polar surface area (TPSA) is 143 Å².